The summed E-state index contributed by atoms with van der Waals surface area (Å²) < 4.78 is 0. The minimum Gasteiger partial charge on any atom is -0.368 e. The van der Waals surface area contributed by atoms with Crippen LogP contribution in [0.2, 0.25) is 0 Å². The third-order valence-corrected chi connectivity index (χ3v) is 5.02. The molecule has 1 N–H and O–H groups in total. The van der Waals surface area contributed by atoms with Gasteiger partial charge in [-0.15, -0.1) is 24.0 Å². The molecule has 1 aliphatic heterocycles. The van der Waals surface area contributed by atoms with Crippen LogP contribution in [0.4, 0.5) is 5.69 Å². The van der Waals surface area contributed by atoms with E-state index in [4.69, 9.17) is 0 Å². The highest BCUT2D eigenvalue weighted by Crippen LogP contribution is 2.23. The van der Waals surface area contributed by atoms with Gasteiger partial charge >= 0.3 is 0 Å². The number of hydrogen-bond acceptors (Lipinski definition) is 3. The molecule has 1 heterocycles. The third-order valence-electron chi connectivity index (χ3n) is 5.02. The van der Waals surface area contributed by atoms with Crippen LogP contribution in [0.15, 0.2) is 23.2 Å². The predicted octanol–water partition coefficient (Wildman–Crippen LogP) is 2.57. The van der Waals surface area contributed by atoms with Crippen LogP contribution in [0.25, 0.3) is 0 Å². The molecule has 0 aliphatic carbocycles. The normalized spacial score (nSPS) is 15.4. The Morgan fingerprint density at radius 3 is 2.48 bits per heavy atom. The third kappa shape index (κ3) is 6.02. The van der Waals surface area contributed by atoms with Crippen LogP contribution in [0.3, 0.4) is 0 Å². The number of nitrogens with one attached hydrogen (secondary N) is 1. The number of nitrogens with zero attached hydrogens (tertiary/aromatic N) is 4. The molecule has 1 saturated heterocycles. The average molecular weight is 459 g/mol. The van der Waals surface area contributed by atoms with E-state index in [1.54, 1.807) is 0 Å². The molecule has 0 bridgehead atoms. The summed E-state index contributed by atoms with van der Waals surface area (Å²) in [5.74, 6) is 1.03. The number of aliphatic imine (C=N–C) groups is 1. The van der Waals surface area contributed by atoms with Crippen LogP contribution < -0.4 is 10.2 Å². The molecule has 142 valence electrons. The molecule has 0 amide bonds. The fourth-order valence-electron chi connectivity index (χ4n) is 3.09. The number of likely N-dealkylation sites (N-methyl/N-ethyl adjacent to an activating group) is 1. The number of guanidine groups is 1. The monoisotopic (exact) mass is 459 g/mol. The first-order valence-corrected chi connectivity index (χ1v) is 9.02. The zero-order chi connectivity index (χ0) is 17.5. The molecule has 0 atom stereocenters. The molecule has 1 fully saturated rings. The Morgan fingerprint density at radius 1 is 1.20 bits per heavy atom. The van der Waals surface area contributed by atoms with E-state index in [1.165, 1.54) is 16.8 Å². The summed E-state index contributed by atoms with van der Waals surface area (Å²) in [6.45, 7) is 13.8. The van der Waals surface area contributed by atoms with Crippen LogP contribution in [-0.4, -0.2) is 75.7 Å². The van der Waals surface area contributed by atoms with Crippen molar-refractivity contribution in [3.63, 3.8) is 0 Å². The number of anilines is 1. The number of benzene rings is 1. The summed E-state index contributed by atoms with van der Waals surface area (Å²) in [5.41, 5.74) is 4.14. The molecule has 0 saturated carbocycles. The second kappa shape index (κ2) is 10.9. The Kier molecular flexibility index (Phi) is 9.56. The van der Waals surface area contributed by atoms with E-state index in [9.17, 15) is 0 Å². The van der Waals surface area contributed by atoms with Gasteiger partial charge in [0.1, 0.15) is 0 Å². The zero-order valence-corrected chi connectivity index (χ0v) is 18.7. The highest BCUT2D eigenvalue weighted by molar-refractivity contribution is 14.0. The van der Waals surface area contributed by atoms with E-state index >= 15 is 0 Å². The van der Waals surface area contributed by atoms with Crippen molar-refractivity contribution in [3.8, 4) is 0 Å². The molecular formula is C19H34IN5. The summed E-state index contributed by atoms with van der Waals surface area (Å²) in [7, 11) is 4.02. The van der Waals surface area contributed by atoms with E-state index < -0.39 is 0 Å². The molecule has 0 unspecified atom stereocenters. The minimum atomic E-state index is 0. The van der Waals surface area contributed by atoms with Gasteiger partial charge in [-0.05, 0) is 44.6 Å². The second-order valence-corrected chi connectivity index (χ2v) is 6.56. The quantitative estimate of drug-likeness (QED) is 0.417. The van der Waals surface area contributed by atoms with E-state index in [-0.39, 0.29) is 24.0 Å². The topological polar surface area (TPSA) is 34.1 Å². The summed E-state index contributed by atoms with van der Waals surface area (Å²) in [6, 6.07) is 6.59. The van der Waals surface area contributed by atoms with Gasteiger partial charge in [-0.2, -0.15) is 0 Å². The Hall–Kier alpha value is -1.02. The van der Waals surface area contributed by atoms with Crippen molar-refractivity contribution in [1.29, 1.82) is 0 Å². The molecule has 1 aliphatic rings. The average Bonchev–Trinajstić information content (AvgIpc) is 2.61. The number of hydrogen-bond donors (Lipinski definition) is 1. The molecule has 5 nitrogen and oxygen atoms in total. The molecular weight excluding hydrogens is 425 g/mol. The van der Waals surface area contributed by atoms with Crippen molar-refractivity contribution >= 4 is 35.6 Å². The number of aryl methyl sites for hydroxylation is 1. The van der Waals surface area contributed by atoms with Gasteiger partial charge in [-0.1, -0.05) is 19.1 Å². The van der Waals surface area contributed by atoms with Crippen molar-refractivity contribution in [2.45, 2.75) is 20.8 Å². The van der Waals surface area contributed by atoms with Crippen molar-refractivity contribution in [2.24, 2.45) is 4.99 Å². The molecule has 1 aromatic rings. The van der Waals surface area contributed by atoms with Crippen LogP contribution >= 0.6 is 24.0 Å². The van der Waals surface area contributed by atoms with Gasteiger partial charge in [0.25, 0.3) is 0 Å². The summed E-state index contributed by atoms with van der Waals surface area (Å²) in [6.07, 6.45) is 0. The number of piperazine rings is 1. The van der Waals surface area contributed by atoms with Crippen LogP contribution in [0.5, 0.6) is 0 Å². The van der Waals surface area contributed by atoms with Crippen molar-refractivity contribution in [3.05, 3.63) is 29.3 Å². The lowest BCUT2D eigenvalue weighted by atomic mass is 10.1. The van der Waals surface area contributed by atoms with Gasteiger partial charge in [-0.25, -0.2) is 0 Å². The Bertz CT molecular complexity index is 553. The summed E-state index contributed by atoms with van der Waals surface area (Å²) >= 11 is 0. The highest BCUT2D eigenvalue weighted by atomic mass is 127. The van der Waals surface area contributed by atoms with E-state index in [2.05, 4.69) is 71.0 Å². The predicted molar refractivity (Wildman–Crippen MR) is 120 cm³/mol. The van der Waals surface area contributed by atoms with Crippen LogP contribution in [-0.2, 0) is 0 Å². The minimum absolute atomic E-state index is 0. The molecule has 0 aromatic heterocycles. The maximum Gasteiger partial charge on any atom is 0.193 e. The van der Waals surface area contributed by atoms with Gasteiger partial charge < -0.3 is 20.0 Å². The highest BCUT2D eigenvalue weighted by Gasteiger charge is 2.20. The fourth-order valence-corrected chi connectivity index (χ4v) is 3.09. The van der Waals surface area contributed by atoms with Crippen molar-refractivity contribution < 1.29 is 0 Å². The largest absolute Gasteiger partial charge is 0.368 e. The first-order valence-electron chi connectivity index (χ1n) is 9.02. The van der Waals surface area contributed by atoms with Crippen molar-refractivity contribution in [1.82, 2.24) is 15.1 Å². The van der Waals surface area contributed by atoms with Gasteiger partial charge in [0, 0.05) is 52.0 Å². The maximum atomic E-state index is 4.46. The van der Waals surface area contributed by atoms with Gasteiger partial charge in [0.05, 0.1) is 0 Å². The maximum absolute atomic E-state index is 4.46. The molecule has 0 spiro atoms. The van der Waals surface area contributed by atoms with Gasteiger partial charge in [0.2, 0.25) is 0 Å². The Balaban J connectivity index is 0.00000312. The van der Waals surface area contributed by atoms with Crippen molar-refractivity contribution in [2.75, 3.05) is 64.8 Å². The first kappa shape index (κ1) is 22.0. The standard InChI is InChI=1S/C19H33N5.HI/c1-6-22(5)11-10-21-19(20-4)24-14-12-23(13-15-24)18-9-7-8-16(2)17(18)3;/h7-9H,6,10-15H2,1-5H3,(H,20,21);1H. The van der Waals surface area contributed by atoms with E-state index in [0.717, 1.165) is 51.8 Å². The Morgan fingerprint density at radius 2 is 1.88 bits per heavy atom. The van der Waals surface area contributed by atoms with Gasteiger partial charge in [-0.3, -0.25) is 4.99 Å². The summed E-state index contributed by atoms with van der Waals surface area (Å²) in [4.78, 5) is 11.6. The number of rotatable bonds is 5. The second-order valence-electron chi connectivity index (χ2n) is 6.56. The number of halogens is 1. The molecule has 0 radical (unpaired) electrons. The van der Waals surface area contributed by atoms with E-state index in [0.29, 0.717) is 0 Å². The lowest BCUT2D eigenvalue weighted by Crippen LogP contribution is -2.53. The molecule has 1 aromatic carbocycles. The lowest BCUT2D eigenvalue weighted by Gasteiger charge is -2.38. The zero-order valence-electron chi connectivity index (χ0n) is 16.4. The lowest BCUT2D eigenvalue weighted by molar-refractivity contribution is 0.344. The van der Waals surface area contributed by atoms with Gasteiger partial charge in [0.15, 0.2) is 5.96 Å². The van der Waals surface area contributed by atoms with Crippen LogP contribution in [0, 0.1) is 13.8 Å². The van der Waals surface area contributed by atoms with Crippen LogP contribution in [0.1, 0.15) is 18.1 Å². The first-order chi connectivity index (χ1) is 11.6. The Labute approximate surface area is 170 Å². The molecule has 6 heteroatoms. The fraction of sp³-hybridized carbons (Fsp3) is 0.632. The molecule has 2 rings (SSSR count). The van der Waals surface area contributed by atoms with E-state index in [1.807, 2.05) is 7.05 Å². The smallest absolute Gasteiger partial charge is 0.193 e. The SMILES string of the molecule is CCN(C)CCNC(=NC)N1CCN(c2cccc(C)c2C)CC1.I. The summed E-state index contributed by atoms with van der Waals surface area (Å²) in [5, 5.41) is 3.50. The molecule has 25 heavy (non-hydrogen) atoms.